The van der Waals surface area contributed by atoms with E-state index < -0.39 is 18.0 Å². The predicted molar refractivity (Wildman–Crippen MR) is 77.4 cm³/mol. The number of halogens is 3. The van der Waals surface area contributed by atoms with Crippen LogP contribution in [-0.4, -0.2) is 18.0 Å². The summed E-state index contributed by atoms with van der Waals surface area (Å²) in [6.45, 7) is 3.26. The van der Waals surface area contributed by atoms with Crippen molar-refractivity contribution in [3.63, 3.8) is 0 Å². The number of cyclic esters (lactones) is 1. The van der Waals surface area contributed by atoms with Gasteiger partial charge in [-0.25, -0.2) is 4.79 Å². The zero-order valence-corrected chi connectivity index (χ0v) is 14.5. The van der Waals surface area contributed by atoms with E-state index in [1.807, 2.05) is 6.92 Å². The maximum atomic E-state index is 11.8. The van der Waals surface area contributed by atoms with Crippen LogP contribution < -0.4 is 0 Å². The van der Waals surface area contributed by atoms with Gasteiger partial charge in [0.1, 0.15) is 9.50 Å². The Hall–Kier alpha value is -0.140. The van der Waals surface area contributed by atoms with E-state index in [2.05, 4.69) is 47.8 Å². The van der Waals surface area contributed by atoms with Gasteiger partial charge in [0.25, 0.3) is 0 Å². The molecule has 0 fully saturated rings. The van der Waals surface area contributed by atoms with Crippen LogP contribution >= 0.6 is 47.8 Å². The van der Waals surface area contributed by atoms with Crippen LogP contribution in [0.1, 0.15) is 26.7 Å². The van der Waals surface area contributed by atoms with Crippen LogP contribution in [-0.2, 0) is 19.1 Å². The Labute approximate surface area is 130 Å². The minimum atomic E-state index is -0.591. The zero-order valence-electron chi connectivity index (χ0n) is 9.76. The summed E-state index contributed by atoms with van der Waals surface area (Å²) in [6, 6.07) is 0. The van der Waals surface area contributed by atoms with Gasteiger partial charge >= 0.3 is 11.9 Å². The van der Waals surface area contributed by atoms with E-state index in [9.17, 15) is 9.59 Å². The second-order valence-corrected chi connectivity index (χ2v) is 7.04. The fourth-order valence-corrected chi connectivity index (χ4v) is 3.31. The molecule has 1 rings (SSSR count). The molecule has 0 saturated carbocycles. The van der Waals surface area contributed by atoms with E-state index >= 15 is 0 Å². The Morgan fingerprint density at radius 1 is 1.44 bits per heavy atom. The van der Waals surface area contributed by atoms with Crippen LogP contribution in [0.3, 0.4) is 0 Å². The third-order valence-corrected chi connectivity index (χ3v) is 3.71. The van der Waals surface area contributed by atoms with Crippen LogP contribution in [0.5, 0.6) is 0 Å². The third-order valence-electron chi connectivity index (χ3n) is 2.20. The Bertz CT molecular complexity index is 436. The molecule has 0 unspecified atom stereocenters. The summed E-state index contributed by atoms with van der Waals surface area (Å²) in [5.41, 5.74) is 0.332. The van der Waals surface area contributed by atoms with Gasteiger partial charge in [-0.15, -0.1) is 0 Å². The first-order valence-corrected chi connectivity index (χ1v) is 7.61. The molecule has 0 amide bonds. The minimum Gasteiger partial charge on any atom is -0.457 e. The molecule has 0 aromatic carbocycles. The molecule has 1 atom stereocenters. The number of ether oxygens (including phenoxy) is 2. The molecule has 1 aliphatic heterocycles. The molecule has 0 spiro atoms. The topological polar surface area (TPSA) is 52.6 Å². The molecule has 1 aliphatic rings. The van der Waals surface area contributed by atoms with Gasteiger partial charge in [-0.05, 0) is 54.2 Å². The molecular formula is C11H11Br3O4. The van der Waals surface area contributed by atoms with Crippen LogP contribution in [0.15, 0.2) is 19.2 Å². The van der Waals surface area contributed by atoms with Gasteiger partial charge in [-0.2, -0.15) is 0 Å². The number of esters is 2. The van der Waals surface area contributed by atoms with Gasteiger partial charge in [-0.3, -0.25) is 4.79 Å². The SMILES string of the molecule is CCC[C@@H](OC(C)=O)C1=C(Br)C(=C(Br)Br)OC1=O. The summed E-state index contributed by atoms with van der Waals surface area (Å²) in [5, 5.41) is 0. The number of hydrogen-bond acceptors (Lipinski definition) is 4. The Morgan fingerprint density at radius 3 is 2.44 bits per heavy atom. The number of carbonyl (C=O) groups is 2. The van der Waals surface area contributed by atoms with E-state index in [0.717, 1.165) is 6.42 Å². The highest BCUT2D eigenvalue weighted by molar-refractivity contribution is 9.28. The van der Waals surface area contributed by atoms with Gasteiger partial charge in [0.2, 0.25) is 0 Å². The monoisotopic (exact) mass is 444 g/mol. The van der Waals surface area contributed by atoms with Crippen LogP contribution in [0.4, 0.5) is 0 Å². The van der Waals surface area contributed by atoms with Crippen molar-refractivity contribution in [3.05, 3.63) is 19.2 Å². The highest BCUT2D eigenvalue weighted by Crippen LogP contribution is 2.39. The summed E-state index contributed by atoms with van der Waals surface area (Å²) in [5.74, 6) is -0.583. The molecule has 0 aliphatic carbocycles. The number of hydrogen-bond donors (Lipinski definition) is 0. The first kappa shape index (κ1) is 15.9. The van der Waals surface area contributed by atoms with Crippen molar-refractivity contribution in [2.45, 2.75) is 32.8 Å². The molecule has 0 aromatic rings. The molecule has 0 radical (unpaired) electrons. The maximum absolute atomic E-state index is 11.8. The summed E-state index contributed by atoms with van der Waals surface area (Å²) in [4.78, 5) is 22.9. The van der Waals surface area contributed by atoms with E-state index in [-0.39, 0.29) is 0 Å². The summed E-state index contributed by atoms with van der Waals surface area (Å²) >= 11 is 9.66. The van der Waals surface area contributed by atoms with Gasteiger partial charge in [0.05, 0.1) is 10.1 Å². The number of carbonyl (C=O) groups excluding carboxylic acids is 2. The van der Waals surface area contributed by atoms with Crippen molar-refractivity contribution in [3.8, 4) is 0 Å². The third kappa shape index (κ3) is 3.68. The quantitative estimate of drug-likeness (QED) is 0.615. The first-order chi connectivity index (χ1) is 8.38. The molecule has 7 heteroatoms. The van der Waals surface area contributed by atoms with E-state index in [1.54, 1.807) is 0 Å². The lowest BCUT2D eigenvalue weighted by Gasteiger charge is -2.15. The lowest BCUT2D eigenvalue weighted by molar-refractivity contribution is -0.146. The Kier molecular flexibility index (Phi) is 6.07. The fraction of sp³-hybridized carbons (Fsp3) is 0.455. The molecule has 4 nitrogen and oxygen atoms in total. The normalized spacial score (nSPS) is 16.7. The smallest absolute Gasteiger partial charge is 0.344 e. The molecular weight excluding hydrogens is 436 g/mol. The second kappa shape index (κ2) is 6.86. The van der Waals surface area contributed by atoms with Crippen molar-refractivity contribution < 1.29 is 19.1 Å². The molecule has 0 bridgehead atoms. The van der Waals surface area contributed by atoms with E-state index in [1.165, 1.54) is 6.92 Å². The van der Waals surface area contributed by atoms with Gasteiger partial charge < -0.3 is 9.47 Å². The lowest BCUT2D eigenvalue weighted by atomic mass is 10.1. The van der Waals surface area contributed by atoms with Crippen molar-refractivity contribution in [1.29, 1.82) is 0 Å². The maximum Gasteiger partial charge on any atom is 0.344 e. The Morgan fingerprint density at radius 2 is 2.06 bits per heavy atom. The minimum absolute atomic E-state index is 0.332. The molecule has 0 aromatic heterocycles. The van der Waals surface area contributed by atoms with Crippen molar-refractivity contribution >= 4 is 59.7 Å². The fourth-order valence-electron chi connectivity index (χ4n) is 1.52. The lowest BCUT2D eigenvalue weighted by Crippen LogP contribution is -2.22. The van der Waals surface area contributed by atoms with Crippen molar-refractivity contribution in [2.24, 2.45) is 0 Å². The van der Waals surface area contributed by atoms with Crippen LogP contribution in [0, 0.1) is 0 Å². The van der Waals surface area contributed by atoms with Crippen molar-refractivity contribution in [1.82, 2.24) is 0 Å². The Balaban J connectivity index is 3.13. The van der Waals surface area contributed by atoms with Crippen molar-refractivity contribution in [2.75, 3.05) is 0 Å². The van der Waals surface area contributed by atoms with E-state index in [0.29, 0.717) is 25.6 Å². The number of rotatable bonds is 4. The van der Waals surface area contributed by atoms with Gasteiger partial charge in [0.15, 0.2) is 5.76 Å². The number of allylic oxidation sites excluding steroid dienone is 1. The summed E-state index contributed by atoms with van der Waals surface area (Å²) in [6.07, 6.45) is 0.752. The van der Waals surface area contributed by atoms with E-state index in [4.69, 9.17) is 9.47 Å². The molecule has 1 heterocycles. The highest BCUT2D eigenvalue weighted by Gasteiger charge is 2.36. The molecule has 100 valence electrons. The molecule has 0 saturated heterocycles. The van der Waals surface area contributed by atoms with Crippen LogP contribution in [0.25, 0.3) is 0 Å². The highest BCUT2D eigenvalue weighted by atomic mass is 79.9. The summed E-state index contributed by atoms with van der Waals surface area (Å²) in [7, 11) is 0. The summed E-state index contributed by atoms with van der Waals surface area (Å²) < 4.78 is 11.3. The predicted octanol–water partition coefficient (Wildman–Crippen LogP) is 3.88. The standard InChI is InChI=1S/C11H11Br3O4/c1-3-4-6(17-5(2)15)7-8(12)9(10(13)14)18-11(7)16/h6H,3-4H2,1-2H3/t6-/m1/s1. The first-order valence-electron chi connectivity index (χ1n) is 5.23. The van der Waals surface area contributed by atoms with Gasteiger partial charge in [0, 0.05) is 6.92 Å². The zero-order chi connectivity index (χ0) is 13.9. The average Bonchev–Trinajstić information content (AvgIpc) is 2.53. The van der Waals surface area contributed by atoms with Crippen LogP contribution in [0.2, 0.25) is 0 Å². The largest absolute Gasteiger partial charge is 0.457 e. The second-order valence-electron chi connectivity index (χ2n) is 3.59. The van der Waals surface area contributed by atoms with Gasteiger partial charge in [-0.1, -0.05) is 13.3 Å². The average molecular weight is 447 g/mol. The molecule has 0 N–H and O–H groups in total. The molecule has 18 heavy (non-hydrogen) atoms.